The number of rotatable bonds is 7. The molecule has 2 aromatic rings. The Balaban J connectivity index is 1.55. The highest BCUT2D eigenvalue weighted by molar-refractivity contribution is 6.35. The Morgan fingerprint density at radius 3 is 3.00 bits per heavy atom. The molecule has 9 heteroatoms. The minimum atomic E-state index is -0.129. The van der Waals surface area contributed by atoms with Crippen LogP contribution in [0.3, 0.4) is 0 Å². The van der Waals surface area contributed by atoms with E-state index < -0.39 is 0 Å². The average molecular weight is 455 g/mol. The van der Waals surface area contributed by atoms with Gasteiger partial charge in [-0.15, -0.1) is 5.53 Å². The van der Waals surface area contributed by atoms with E-state index in [0.29, 0.717) is 40.6 Å². The highest BCUT2D eigenvalue weighted by atomic mass is 35.5. The molecule has 1 fully saturated rings. The summed E-state index contributed by atoms with van der Waals surface area (Å²) in [6.45, 7) is 3.16. The van der Waals surface area contributed by atoms with E-state index in [1.54, 1.807) is 30.5 Å². The van der Waals surface area contributed by atoms with Crippen molar-refractivity contribution in [3.63, 3.8) is 0 Å². The summed E-state index contributed by atoms with van der Waals surface area (Å²) in [6, 6.07) is 5.68. The average Bonchev–Trinajstić information content (AvgIpc) is 3.31. The van der Waals surface area contributed by atoms with Crippen LogP contribution in [-0.4, -0.2) is 47.9 Å². The van der Waals surface area contributed by atoms with Gasteiger partial charge in [-0.25, -0.2) is 0 Å². The van der Waals surface area contributed by atoms with Crippen molar-refractivity contribution in [3.8, 4) is 0 Å². The zero-order valence-electron chi connectivity index (χ0n) is 18.2. The number of fused-ring (bicyclic) bond motifs is 1. The van der Waals surface area contributed by atoms with Gasteiger partial charge in [0.25, 0.3) is 5.91 Å². The number of allylic oxidation sites excluding steroid dienone is 1. The molecule has 0 bridgehead atoms. The number of anilines is 1. The second-order valence-corrected chi connectivity index (χ2v) is 8.33. The lowest BCUT2D eigenvalue weighted by Gasteiger charge is -2.33. The molecular weight excluding hydrogens is 428 g/mol. The lowest BCUT2D eigenvalue weighted by molar-refractivity contribution is 0.0400. The minimum Gasteiger partial charge on any atom is -0.394 e. The Morgan fingerprint density at radius 2 is 2.31 bits per heavy atom. The summed E-state index contributed by atoms with van der Waals surface area (Å²) in [5.41, 5.74) is 10.9. The van der Waals surface area contributed by atoms with Gasteiger partial charge in [-0.05, 0) is 67.3 Å². The quantitative estimate of drug-likeness (QED) is 0.479. The highest BCUT2D eigenvalue weighted by Crippen LogP contribution is 2.35. The van der Waals surface area contributed by atoms with Gasteiger partial charge in [0.15, 0.2) is 0 Å². The van der Waals surface area contributed by atoms with E-state index >= 15 is 0 Å². The lowest BCUT2D eigenvalue weighted by Crippen LogP contribution is -2.52. The van der Waals surface area contributed by atoms with Gasteiger partial charge in [-0.3, -0.25) is 20.2 Å². The summed E-state index contributed by atoms with van der Waals surface area (Å²) in [5, 5.41) is 13.0. The maximum Gasteiger partial charge on any atom is 0.271 e. The third kappa shape index (κ3) is 4.62. The van der Waals surface area contributed by atoms with Crippen molar-refractivity contribution in [2.24, 2.45) is 0 Å². The van der Waals surface area contributed by atoms with Crippen molar-refractivity contribution in [1.82, 2.24) is 20.8 Å². The number of aromatic nitrogens is 1. The van der Waals surface area contributed by atoms with Crippen LogP contribution in [0.15, 0.2) is 36.7 Å². The van der Waals surface area contributed by atoms with Crippen molar-refractivity contribution in [2.45, 2.75) is 32.3 Å². The van der Waals surface area contributed by atoms with Gasteiger partial charge in [0.2, 0.25) is 0 Å². The predicted molar refractivity (Wildman–Crippen MR) is 125 cm³/mol. The summed E-state index contributed by atoms with van der Waals surface area (Å²) in [6.07, 6.45) is 7.70. The molecule has 32 heavy (non-hydrogen) atoms. The van der Waals surface area contributed by atoms with Gasteiger partial charge in [-0.1, -0.05) is 17.7 Å². The van der Waals surface area contributed by atoms with Gasteiger partial charge < -0.3 is 15.5 Å². The van der Waals surface area contributed by atoms with Crippen molar-refractivity contribution < 1.29 is 9.53 Å². The molecular formula is C23H27ClN6O2. The molecule has 1 unspecified atom stereocenters. The number of hydrogen-bond acceptors (Lipinski definition) is 7. The van der Waals surface area contributed by atoms with Crippen LogP contribution in [-0.2, 0) is 11.2 Å². The number of benzene rings is 1. The third-order valence-electron chi connectivity index (χ3n) is 5.73. The number of carbonyl (C=O) groups is 1. The molecule has 0 saturated carbocycles. The topological polar surface area (TPSA) is 102 Å². The monoisotopic (exact) mass is 454 g/mol. The van der Waals surface area contributed by atoms with E-state index in [4.69, 9.17) is 21.7 Å². The number of nitrogens with one attached hydrogen (secondary N) is 4. The summed E-state index contributed by atoms with van der Waals surface area (Å²) >= 11 is 6.63. The van der Waals surface area contributed by atoms with Crippen LogP contribution in [0.1, 0.15) is 45.6 Å². The highest BCUT2D eigenvalue weighted by Gasteiger charge is 2.30. The normalized spacial score (nSPS) is 18.0. The predicted octanol–water partition coefficient (Wildman–Crippen LogP) is 3.20. The first-order valence-electron chi connectivity index (χ1n) is 10.6. The molecule has 1 aromatic carbocycles. The molecule has 4 rings (SSSR count). The standard InChI is InChI=1S/C23H27ClN6O2/c1-14-16(10-15-5-6-20(27-12-15)19(25)7-8-26-2)11-18-22(21(14)24)28-29-30(23(18)31)13-17-4-3-9-32-17/h5-8,11-12,17,25-26,28-29H,3-4,9-10,13H2,1-2H3/b8-7-,25-19?. The second-order valence-electron chi connectivity index (χ2n) is 7.95. The van der Waals surface area contributed by atoms with E-state index in [-0.39, 0.29) is 12.0 Å². The Labute approximate surface area is 192 Å². The van der Waals surface area contributed by atoms with Crippen molar-refractivity contribution in [3.05, 3.63) is 69.6 Å². The lowest BCUT2D eigenvalue weighted by atomic mass is 9.96. The molecule has 0 radical (unpaired) electrons. The molecule has 2 aliphatic heterocycles. The minimum absolute atomic E-state index is 0.0430. The van der Waals surface area contributed by atoms with E-state index in [2.05, 4.69) is 21.3 Å². The number of amides is 1. The first kappa shape index (κ1) is 22.3. The van der Waals surface area contributed by atoms with Crippen LogP contribution in [0.5, 0.6) is 0 Å². The smallest absolute Gasteiger partial charge is 0.271 e. The molecule has 1 amide bonds. The fourth-order valence-electron chi connectivity index (χ4n) is 3.88. The summed E-state index contributed by atoms with van der Waals surface area (Å²) in [4.78, 5) is 17.5. The third-order valence-corrected chi connectivity index (χ3v) is 6.20. The zero-order chi connectivity index (χ0) is 22.7. The fraction of sp³-hybridized carbons (Fsp3) is 0.348. The van der Waals surface area contributed by atoms with Gasteiger partial charge in [0.1, 0.15) is 0 Å². The number of hydrogen-bond donors (Lipinski definition) is 4. The van der Waals surface area contributed by atoms with Gasteiger partial charge in [0.05, 0.1) is 40.3 Å². The van der Waals surface area contributed by atoms with Crippen LogP contribution in [0.25, 0.3) is 0 Å². The second kappa shape index (κ2) is 9.68. The molecule has 0 spiro atoms. The Hall–Kier alpha value is -2.94. The number of carbonyl (C=O) groups excluding carboxylic acids is 1. The Kier molecular flexibility index (Phi) is 6.74. The molecule has 8 nitrogen and oxygen atoms in total. The summed E-state index contributed by atoms with van der Waals surface area (Å²) in [5.74, 6) is -0.129. The number of halogens is 1. The molecule has 3 heterocycles. The van der Waals surface area contributed by atoms with Crippen molar-refractivity contribution in [1.29, 1.82) is 5.41 Å². The molecule has 2 aliphatic rings. The number of nitrogens with zero attached hydrogens (tertiary/aromatic N) is 2. The van der Waals surface area contributed by atoms with Crippen LogP contribution >= 0.6 is 11.6 Å². The van der Waals surface area contributed by atoms with Gasteiger partial charge in [0, 0.05) is 19.9 Å². The first-order valence-corrected chi connectivity index (χ1v) is 11.0. The molecule has 4 N–H and O–H groups in total. The maximum absolute atomic E-state index is 13.1. The van der Waals surface area contributed by atoms with Crippen molar-refractivity contribution in [2.75, 3.05) is 25.6 Å². The van der Waals surface area contributed by atoms with Crippen LogP contribution in [0, 0.1) is 12.3 Å². The Bertz CT molecular complexity index is 1050. The summed E-state index contributed by atoms with van der Waals surface area (Å²) < 4.78 is 5.67. The summed E-state index contributed by atoms with van der Waals surface area (Å²) in [7, 11) is 1.78. The van der Waals surface area contributed by atoms with E-state index in [9.17, 15) is 4.79 Å². The van der Waals surface area contributed by atoms with Gasteiger partial charge in [-0.2, -0.15) is 0 Å². The first-order chi connectivity index (χ1) is 15.5. The SMILES string of the molecule is CN/C=C\C(=N)c1ccc(Cc2cc3c(c(Cl)c2C)NNN(CC2CCCO2)C3=O)cn1. The number of hydrazine groups is 2. The van der Waals surface area contributed by atoms with Crippen LogP contribution in [0.2, 0.25) is 5.02 Å². The molecule has 1 aromatic heterocycles. The number of ether oxygens (including phenoxy) is 1. The maximum atomic E-state index is 13.1. The molecule has 1 atom stereocenters. The van der Waals surface area contributed by atoms with E-state index in [0.717, 1.165) is 36.1 Å². The van der Waals surface area contributed by atoms with Gasteiger partial charge >= 0.3 is 0 Å². The number of pyridine rings is 1. The Morgan fingerprint density at radius 1 is 1.47 bits per heavy atom. The molecule has 168 valence electrons. The van der Waals surface area contributed by atoms with Crippen LogP contribution < -0.4 is 16.3 Å². The van der Waals surface area contributed by atoms with E-state index in [1.807, 2.05) is 25.1 Å². The van der Waals surface area contributed by atoms with Crippen LogP contribution in [0.4, 0.5) is 5.69 Å². The van der Waals surface area contributed by atoms with Crippen molar-refractivity contribution >= 4 is 28.9 Å². The molecule has 1 saturated heterocycles. The molecule has 0 aliphatic carbocycles. The largest absolute Gasteiger partial charge is 0.394 e. The fourth-order valence-corrected chi connectivity index (χ4v) is 4.15. The zero-order valence-corrected chi connectivity index (χ0v) is 18.9. The van der Waals surface area contributed by atoms with E-state index in [1.165, 1.54) is 0 Å².